The van der Waals surface area contributed by atoms with Gasteiger partial charge in [-0.2, -0.15) is 18.2 Å². The molecule has 0 radical (unpaired) electrons. The van der Waals surface area contributed by atoms with E-state index in [4.69, 9.17) is 0 Å². The number of carbonyl (C=O) groups is 2. The lowest BCUT2D eigenvalue weighted by Crippen LogP contribution is -2.36. The summed E-state index contributed by atoms with van der Waals surface area (Å²) in [6.07, 6.45) is -3.77. The van der Waals surface area contributed by atoms with Gasteiger partial charge in [-0.25, -0.2) is 4.79 Å². The van der Waals surface area contributed by atoms with Crippen molar-refractivity contribution in [1.29, 1.82) is 0 Å². The smallest absolute Gasteiger partial charge is 0.297 e. The van der Waals surface area contributed by atoms with Gasteiger partial charge < -0.3 is 0 Å². The van der Waals surface area contributed by atoms with E-state index in [1.807, 2.05) is 0 Å². The van der Waals surface area contributed by atoms with Gasteiger partial charge in [0.05, 0.1) is 11.1 Å². The second-order valence-corrected chi connectivity index (χ2v) is 5.09. The zero-order valence-corrected chi connectivity index (χ0v) is 12.1. The molecule has 0 bridgehead atoms. The maximum atomic E-state index is 12.5. The van der Waals surface area contributed by atoms with Crippen LogP contribution >= 0.6 is 0 Å². The van der Waals surface area contributed by atoms with Crippen LogP contribution in [0.25, 0.3) is 0 Å². The zero-order chi connectivity index (χ0) is 17.5. The third kappa shape index (κ3) is 2.68. The first kappa shape index (κ1) is 15.9. The highest BCUT2D eigenvalue weighted by Crippen LogP contribution is 2.26. The predicted octanol–water partition coefficient (Wildman–Crippen LogP) is 1.56. The standard InChI is InChI=1S/C15H10F3N3O3/c16-15(17,18)11-5-6-20(14(24)19-11)7-8-21-12(22)9-3-1-2-4-10(9)13(21)23/h1-6H,7-8H2. The van der Waals surface area contributed by atoms with Crippen molar-refractivity contribution in [3.05, 3.63) is 63.8 Å². The fourth-order valence-electron chi connectivity index (χ4n) is 2.41. The summed E-state index contributed by atoms with van der Waals surface area (Å²) in [4.78, 5) is 39.9. The average molecular weight is 337 g/mol. The van der Waals surface area contributed by atoms with Gasteiger partial charge in [0.15, 0.2) is 5.69 Å². The molecule has 24 heavy (non-hydrogen) atoms. The van der Waals surface area contributed by atoms with Crippen molar-refractivity contribution in [1.82, 2.24) is 14.5 Å². The Kier molecular flexibility index (Phi) is 3.70. The summed E-state index contributed by atoms with van der Waals surface area (Å²) in [5.41, 5.74) is -1.85. The molecule has 2 heterocycles. The number of hydrogen-bond donors (Lipinski definition) is 0. The van der Waals surface area contributed by atoms with Crippen molar-refractivity contribution < 1.29 is 22.8 Å². The monoisotopic (exact) mass is 337 g/mol. The molecule has 0 saturated carbocycles. The number of aromatic nitrogens is 2. The van der Waals surface area contributed by atoms with E-state index in [2.05, 4.69) is 4.98 Å². The fraction of sp³-hybridized carbons (Fsp3) is 0.200. The predicted molar refractivity (Wildman–Crippen MR) is 75.3 cm³/mol. The highest BCUT2D eigenvalue weighted by atomic mass is 19.4. The van der Waals surface area contributed by atoms with Gasteiger partial charge >= 0.3 is 11.9 Å². The Morgan fingerprint density at radius 2 is 1.50 bits per heavy atom. The van der Waals surface area contributed by atoms with Crippen LogP contribution in [0.2, 0.25) is 0 Å². The quantitative estimate of drug-likeness (QED) is 0.797. The first-order valence-electron chi connectivity index (χ1n) is 6.89. The van der Waals surface area contributed by atoms with Crippen molar-refractivity contribution in [2.24, 2.45) is 0 Å². The van der Waals surface area contributed by atoms with Crippen LogP contribution in [0.1, 0.15) is 26.4 Å². The summed E-state index contributed by atoms with van der Waals surface area (Å²) in [6.45, 7) is -0.283. The van der Waals surface area contributed by atoms with E-state index in [-0.39, 0.29) is 24.2 Å². The molecular formula is C15H10F3N3O3. The lowest BCUT2D eigenvalue weighted by molar-refractivity contribution is -0.141. The molecule has 2 amide bonds. The number of halogens is 3. The molecule has 2 aromatic rings. The number of amides is 2. The Morgan fingerprint density at radius 3 is 2.00 bits per heavy atom. The van der Waals surface area contributed by atoms with Crippen molar-refractivity contribution >= 4 is 11.8 Å². The molecule has 1 aliphatic heterocycles. The summed E-state index contributed by atoms with van der Waals surface area (Å²) in [6, 6.07) is 6.95. The van der Waals surface area contributed by atoms with Gasteiger partial charge in [0, 0.05) is 19.3 Å². The summed E-state index contributed by atoms with van der Waals surface area (Å²) in [5.74, 6) is -0.993. The number of imide groups is 1. The lowest BCUT2D eigenvalue weighted by Gasteiger charge is -2.14. The summed E-state index contributed by atoms with van der Waals surface area (Å²) >= 11 is 0. The Hall–Kier alpha value is -2.97. The normalized spacial score (nSPS) is 14.2. The highest BCUT2D eigenvalue weighted by Gasteiger charge is 2.35. The molecule has 0 atom stereocenters. The van der Waals surface area contributed by atoms with E-state index in [9.17, 15) is 27.6 Å². The molecule has 6 nitrogen and oxygen atoms in total. The molecule has 3 rings (SSSR count). The molecular weight excluding hydrogens is 327 g/mol. The summed E-state index contributed by atoms with van der Waals surface area (Å²) in [7, 11) is 0. The van der Waals surface area contributed by atoms with Crippen LogP contribution in [0.4, 0.5) is 13.2 Å². The molecule has 1 aliphatic rings. The van der Waals surface area contributed by atoms with Gasteiger partial charge in [0.25, 0.3) is 11.8 Å². The second kappa shape index (κ2) is 5.59. The Bertz CT molecular complexity index is 854. The first-order chi connectivity index (χ1) is 11.3. The number of hydrogen-bond acceptors (Lipinski definition) is 4. The first-order valence-corrected chi connectivity index (χ1v) is 6.89. The van der Waals surface area contributed by atoms with Gasteiger partial charge in [-0.15, -0.1) is 0 Å². The molecule has 124 valence electrons. The lowest BCUT2D eigenvalue weighted by atomic mass is 10.1. The molecule has 0 aliphatic carbocycles. The minimum atomic E-state index is -4.71. The van der Waals surface area contributed by atoms with Crippen LogP contribution in [0.3, 0.4) is 0 Å². The molecule has 0 spiro atoms. The number of rotatable bonds is 3. The van der Waals surface area contributed by atoms with Crippen molar-refractivity contribution in [2.75, 3.05) is 6.54 Å². The summed E-state index contributed by atoms with van der Waals surface area (Å²) in [5, 5.41) is 0. The molecule has 1 aromatic heterocycles. The van der Waals surface area contributed by atoms with Gasteiger partial charge in [0.1, 0.15) is 0 Å². The van der Waals surface area contributed by atoms with Crippen molar-refractivity contribution in [2.45, 2.75) is 12.7 Å². The Labute approximate surface area is 133 Å². The van der Waals surface area contributed by atoms with Crippen molar-refractivity contribution in [3.8, 4) is 0 Å². The zero-order valence-electron chi connectivity index (χ0n) is 12.1. The number of carbonyl (C=O) groups excluding carboxylic acids is 2. The molecule has 1 aromatic carbocycles. The van der Waals surface area contributed by atoms with Crippen LogP contribution in [0, 0.1) is 0 Å². The van der Waals surface area contributed by atoms with Crippen molar-refractivity contribution in [3.63, 3.8) is 0 Å². The van der Waals surface area contributed by atoms with E-state index in [1.165, 1.54) is 12.1 Å². The Morgan fingerprint density at radius 1 is 0.917 bits per heavy atom. The van der Waals surface area contributed by atoms with E-state index < -0.39 is 29.4 Å². The third-order valence-electron chi connectivity index (χ3n) is 3.61. The van der Waals surface area contributed by atoms with E-state index in [0.29, 0.717) is 6.07 Å². The largest absolute Gasteiger partial charge is 0.433 e. The highest BCUT2D eigenvalue weighted by molar-refractivity contribution is 6.21. The SMILES string of the molecule is O=C1c2ccccc2C(=O)N1CCn1ccc(C(F)(F)F)nc1=O. The average Bonchev–Trinajstić information content (AvgIpc) is 2.77. The second-order valence-electron chi connectivity index (χ2n) is 5.09. The van der Waals surface area contributed by atoms with E-state index >= 15 is 0 Å². The van der Waals surface area contributed by atoms with Crippen LogP contribution in [0.15, 0.2) is 41.3 Å². The number of alkyl halides is 3. The van der Waals surface area contributed by atoms with Gasteiger partial charge in [-0.05, 0) is 18.2 Å². The number of benzene rings is 1. The molecule has 0 unspecified atom stereocenters. The minimum absolute atomic E-state index is 0.140. The van der Waals surface area contributed by atoms with Crippen LogP contribution < -0.4 is 5.69 Å². The van der Waals surface area contributed by atoms with Gasteiger partial charge in [-0.3, -0.25) is 19.1 Å². The van der Waals surface area contributed by atoms with E-state index in [1.54, 1.807) is 12.1 Å². The maximum absolute atomic E-state index is 12.5. The number of fused-ring (bicyclic) bond motifs is 1. The molecule has 0 saturated heterocycles. The van der Waals surface area contributed by atoms with Gasteiger partial charge in [-0.1, -0.05) is 12.1 Å². The minimum Gasteiger partial charge on any atom is -0.297 e. The Balaban J connectivity index is 1.77. The van der Waals surface area contributed by atoms with Gasteiger partial charge in [0.2, 0.25) is 0 Å². The van der Waals surface area contributed by atoms with Crippen LogP contribution in [-0.2, 0) is 12.7 Å². The molecule has 9 heteroatoms. The van der Waals surface area contributed by atoms with E-state index in [0.717, 1.165) is 15.7 Å². The fourth-order valence-corrected chi connectivity index (χ4v) is 2.41. The number of nitrogens with zero attached hydrogens (tertiary/aromatic N) is 3. The van der Waals surface area contributed by atoms with Crippen LogP contribution in [-0.4, -0.2) is 32.8 Å². The molecule has 0 N–H and O–H groups in total. The van der Waals surface area contributed by atoms with Crippen LogP contribution in [0.5, 0.6) is 0 Å². The summed E-state index contributed by atoms with van der Waals surface area (Å²) < 4.78 is 38.3. The third-order valence-corrected chi connectivity index (χ3v) is 3.61. The topological polar surface area (TPSA) is 72.3 Å². The maximum Gasteiger partial charge on any atom is 0.433 e. The molecule has 0 fully saturated rings.